The predicted octanol–water partition coefficient (Wildman–Crippen LogP) is 3.63. The van der Waals surface area contributed by atoms with Crippen molar-refractivity contribution in [3.05, 3.63) is 66.0 Å². The number of likely N-dealkylation sites (tertiary alicyclic amines) is 1. The fourth-order valence-corrected chi connectivity index (χ4v) is 3.16. The van der Waals surface area contributed by atoms with Crippen LogP contribution in [0.25, 0.3) is 0 Å². The number of hydrogen-bond acceptors (Lipinski definition) is 2. The van der Waals surface area contributed by atoms with Crippen molar-refractivity contribution in [2.45, 2.75) is 18.9 Å². The molecule has 2 aromatic carbocycles. The fraction of sp³-hybridized carbons (Fsp3) is 0.316. The van der Waals surface area contributed by atoms with Crippen LogP contribution in [0.2, 0.25) is 0 Å². The van der Waals surface area contributed by atoms with Crippen molar-refractivity contribution in [2.75, 3.05) is 25.0 Å². The fourth-order valence-electron chi connectivity index (χ4n) is 3.16. The minimum atomic E-state index is -0.242. The highest BCUT2D eigenvalue weighted by Gasteiger charge is 2.30. The molecule has 0 aromatic heterocycles. The second-order valence-corrected chi connectivity index (χ2v) is 5.99. The van der Waals surface area contributed by atoms with E-state index in [0.29, 0.717) is 6.54 Å². The molecule has 0 saturated carbocycles. The van der Waals surface area contributed by atoms with Gasteiger partial charge in [-0.15, -0.1) is 0 Å². The lowest BCUT2D eigenvalue weighted by Gasteiger charge is -2.28. The van der Waals surface area contributed by atoms with E-state index in [-0.39, 0.29) is 17.8 Å². The van der Waals surface area contributed by atoms with Crippen LogP contribution in [0.1, 0.15) is 24.4 Å². The van der Waals surface area contributed by atoms with Gasteiger partial charge in [0.05, 0.1) is 12.6 Å². The topological polar surface area (TPSA) is 23.6 Å². The second kappa shape index (κ2) is 6.82. The summed E-state index contributed by atoms with van der Waals surface area (Å²) in [6.07, 6.45) is 1.93. The Hall–Kier alpha value is -2.36. The third kappa shape index (κ3) is 3.52. The lowest BCUT2D eigenvalue weighted by Crippen LogP contribution is -2.38. The molecule has 0 radical (unpaired) electrons. The summed E-state index contributed by atoms with van der Waals surface area (Å²) in [6, 6.07) is 16.4. The molecule has 1 saturated heterocycles. The van der Waals surface area contributed by atoms with Gasteiger partial charge in [0, 0.05) is 19.3 Å². The van der Waals surface area contributed by atoms with Gasteiger partial charge in [0.25, 0.3) is 0 Å². The molecule has 1 aliphatic heterocycles. The highest BCUT2D eigenvalue weighted by atomic mass is 19.1. The van der Waals surface area contributed by atoms with Crippen LogP contribution in [-0.2, 0) is 4.79 Å². The number of rotatable bonds is 4. The smallest absolute Gasteiger partial charge is 0.242 e. The van der Waals surface area contributed by atoms with Crippen molar-refractivity contribution in [2.24, 2.45) is 0 Å². The quantitative estimate of drug-likeness (QED) is 0.861. The van der Waals surface area contributed by atoms with E-state index in [1.807, 2.05) is 47.2 Å². The van der Waals surface area contributed by atoms with Gasteiger partial charge in [-0.05, 0) is 42.7 Å². The van der Waals surface area contributed by atoms with E-state index in [1.165, 1.54) is 12.1 Å². The maximum absolute atomic E-state index is 13.1. The first-order valence-electron chi connectivity index (χ1n) is 7.96. The average Bonchev–Trinajstić information content (AvgIpc) is 3.06. The number of hydrogen-bond donors (Lipinski definition) is 0. The molecule has 1 aliphatic rings. The summed E-state index contributed by atoms with van der Waals surface area (Å²) in [5.74, 6) is -0.128. The molecule has 1 heterocycles. The summed E-state index contributed by atoms with van der Waals surface area (Å²) in [7, 11) is 1.93. The standard InChI is InChI=1S/C19H21FN2O/c1-21(17-6-3-2-4-7-17)14-19(23)22-13-5-8-18(22)15-9-11-16(20)12-10-15/h2-4,6-7,9-12,18H,5,8,13-14H2,1H3. The lowest BCUT2D eigenvalue weighted by molar-refractivity contribution is -0.130. The average molecular weight is 312 g/mol. The molecule has 0 spiro atoms. The number of anilines is 1. The van der Waals surface area contributed by atoms with Gasteiger partial charge in [-0.2, -0.15) is 0 Å². The van der Waals surface area contributed by atoms with Crippen molar-refractivity contribution in [3.63, 3.8) is 0 Å². The first kappa shape index (κ1) is 15.5. The van der Waals surface area contributed by atoms with Crippen molar-refractivity contribution in [3.8, 4) is 0 Å². The molecule has 1 fully saturated rings. The summed E-state index contributed by atoms with van der Waals surface area (Å²) >= 11 is 0. The largest absolute Gasteiger partial charge is 0.365 e. The van der Waals surface area contributed by atoms with E-state index in [2.05, 4.69) is 0 Å². The molecule has 3 nitrogen and oxygen atoms in total. The van der Waals surface area contributed by atoms with Gasteiger partial charge >= 0.3 is 0 Å². The Bertz CT molecular complexity index is 657. The van der Waals surface area contributed by atoms with Gasteiger partial charge in [-0.3, -0.25) is 4.79 Å². The van der Waals surface area contributed by atoms with Gasteiger partial charge < -0.3 is 9.80 Å². The van der Waals surface area contributed by atoms with Gasteiger partial charge in [0.1, 0.15) is 5.82 Å². The van der Waals surface area contributed by atoms with Crippen LogP contribution in [0.15, 0.2) is 54.6 Å². The minimum absolute atomic E-state index is 0.0623. The first-order chi connectivity index (χ1) is 11.1. The highest BCUT2D eigenvalue weighted by Crippen LogP contribution is 2.32. The molecule has 0 N–H and O–H groups in total. The van der Waals surface area contributed by atoms with Crippen LogP contribution < -0.4 is 4.90 Å². The Morgan fingerprint density at radius 3 is 2.57 bits per heavy atom. The Kier molecular flexibility index (Phi) is 4.60. The summed E-state index contributed by atoms with van der Waals surface area (Å²) in [5.41, 5.74) is 2.04. The second-order valence-electron chi connectivity index (χ2n) is 5.99. The summed E-state index contributed by atoms with van der Waals surface area (Å²) in [6.45, 7) is 1.12. The van der Waals surface area contributed by atoms with Crippen molar-refractivity contribution < 1.29 is 9.18 Å². The number of carbonyl (C=O) groups excluding carboxylic acids is 1. The molecule has 1 unspecified atom stereocenters. The first-order valence-corrected chi connectivity index (χ1v) is 7.96. The van der Waals surface area contributed by atoms with E-state index in [4.69, 9.17) is 0 Å². The van der Waals surface area contributed by atoms with Crippen LogP contribution in [0.4, 0.5) is 10.1 Å². The third-order valence-electron chi connectivity index (χ3n) is 4.40. The van der Waals surface area contributed by atoms with Crippen molar-refractivity contribution in [1.29, 1.82) is 0 Å². The van der Waals surface area contributed by atoms with Crippen LogP contribution in [0, 0.1) is 5.82 Å². The maximum Gasteiger partial charge on any atom is 0.242 e. The molecule has 0 aliphatic carbocycles. The molecule has 4 heteroatoms. The van der Waals surface area contributed by atoms with Gasteiger partial charge in [-0.1, -0.05) is 30.3 Å². The number of halogens is 1. The number of para-hydroxylation sites is 1. The Morgan fingerprint density at radius 1 is 1.17 bits per heavy atom. The summed E-state index contributed by atoms with van der Waals surface area (Å²) in [4.78, 5) is 16.6. The third-order valence-corrected chi connectivity index (χ3v) is 4.40. The number of carbonyl (C=O) groups is 1. The molecule has 1 atom stereocenters. The molecule has 23 heavy (non-hydrogen) atoms. The molecule has 120 valence electrons. The van der Waals surface area contributed by atoms with Gasteiger partial charge in [0.15, 0.2) is 0 Å². The monoisotopic (exact) mass is 312 g/mol. The van der Waals surface area contributed by atoms with Crippen LogP contribution >= 0.6 is 0 Å². The number of benzene rings is 2. The Morgan fingerprint density at radius 2 is 1.87 bits per heavy atom. The lowest BCUT2D eigenvalue weighted by atomic mass is 10.0. The van der Waals surface area contributed by atoms with Crippen LogP contribution in [0.5, 0.6) is 0 Å². The highest BCUT2D eigenvalue weighted by molar-refractivity contribution is 5.82. The zero-order chi connectivity index (χ0) is 16.2. The Balaban J connectivity index is 1.69. The Labute approximate surface area is 136 Å². The SMILES string of the molecule is CN(CC(=O)N1CCCC1c1ccc(F)cc1)c1ccccc1. The molecular formula is C19H21FN2O. The van der Waals surface area contributed by atoms with Crippen molar-refractivity contribution in [1.82, 2.24) is 4.90 Å². The number of likely N-dealkylation sites (N-methyl/N-ethyl adjacent to an activating group) is 1. The van der Waals surface area contributed by atoms with Crippen LogP contribution in [0.3, 0.4) is 0 Å². The van der Waals surface area contributed by atoms with E-state index in [0.717, 1.165) is 30.6 Å². The molecule has 2 aromatic rings. The molecular weight excluding hydrogens is 291 g/mol. The normalized spacial score (nSPS) is 17.3. The number of nitrogens with zero attached hydrogens (tertiary/aromatic N) is 2. The van der Waals surface area contributed by atoms with Crippen molar-refractivity contribution >= 4 is 11.6 Å². The molecule has 0 bridgehead atoms. The summed E-state index contributed by atoms with van der Waals surface area (Å²) in [5, 5.41) is 0. The molecule has 3 rings (SSSR count). The van der Waals surface area contributed by atoms with E-state index < -0.39 is 0 Å². The maximum atomic E-state index is 13.1. The van der Waals surface area contributed by atoms with E-state index >= 15 is 0 Å². The van der Waals surface area contributed by atoms with Gasteiger partial charge in [-0.25, -0.2) is 4.39 Å². The van der Waals surface area contributed by atoms with E-state index in [9.17, 15) is 9.18 Å². The van der Waals surface area contributed by atoms with E-state index in [1.54, 1.807) is 12.1 Å². The summed E-state index contributed by atoms with van der Waals surface area (Å²) < 4.78 is 13.1. The predicted molar refractivity (Wildman–Crippen MR) is 89.8 cm³/mol. The zero-order valence-electron chi connectivity index (χ0n) is 13.3. The van der Waals surface area contributed by atoms with Gasteiger partial charge in [0.2, 0.25) is 5.91 Å². The van der Waals surface area contributed by atoms with Crippen LogP contribution in [-0.4, -0.2) is 30.9 Å². The number of amides is 1. The molecule has 1 amide bonds. The minimum Gasteiger partial charge on any atom is -0.365 e. The zero-order valence-corrected chi connectivity index (χ0v) is 13.3.